The Morgan fingerprint density at radius 3 is 2.22 bits per heavy atom. The molecule has 2 aromatic heterocycles. The number of hydrogen-bond donors (Lipinski definition) is 1. The Labute approximate surface area is 187 Å². The van der Waals surface area contributed by atoms with Crippen molar-refractivity contribution in [3.63, 3.8) is 0 Å². The van der Waals surface area contributed by atoms with Gasteiger partial charge in [-0.15, -0.1) is 0 Å². The minimum atomic E-state index is -0.0640. The summed E-state index contributed by atoms with van der Waals surface area (Å²) >= 11 is 0. The fourth-order valence-corrected chi connectivity index (χ4v) is 4.69. The quantitative estimate of drug-likeness (QED) is 0.507. The first kappa shape index (κ1) is 20.5. The Kier molecular flexibility index (Phi) is 5.53. The lowest BCUT2D eigenvalue weighted by Crippen LogP contribution is -2.41. The maximum absolute atomic E-state index is 13.8. The van der Waals surface area contributed by atoms with E-state index in [0.717, 1.165) is 71.8 Å². The lowest BCUT2D eigenvalue weighted by Gasteiger charge is -2.33. The zero-order chi connectivity index (χ0) is 22.1. The molecule has 6 nitrogen and oxygen atoms in total. The maximum Gasteiger partial charge on any atom is 0.298 e. The normalized spacial score (nSPS) is 14.9. The summed E-state index contributed by atoms with van der Waals surface area (Å²) in [6, 6.07) is 20.2. The van der Waals surface area contributed by atoms with Crippen LogP contribution in [0.2, 0.25) is 0 Å². The van der Waals surface area contributed by atoms with E-state index in [9.17, 15) is 4.79 Å². The van der Waals surface area contributed by atoms with Gasteiger partial charge in [-0.25, -0.2) is 0 Å². The SMILES string of the molecule is CCc1[nH]c2c(-c3ccccc3)c(-c3ccccc3)nn2c(=O)c1N1CCC(OC)CC1. The molecule has 1 aliphatic heterocycles. The third-order valence-electron chi connectivity index (χ3n) is 6.39. The van der Waals surface area contributed by atoms with Gasteiger partial charge in [0.2, 0.25) is 0 Å². The van der Waals surface area contributed by atoms with Crippen LogP contribution in [0, 0.1) is 0 Å². The van der Waals surface area contributed by atoms with Gasteiger partial charge in [-0.2, -0.15) is 9.61 Å². The molecule has 0 aliphatic carbocycles. The van der Waals surface area contributed by atoms with Gasteiger partial charge in [0.15, 0.2) is 0 Å². The average molecular weight is 429 g/mol. The second-order valence-electron chi connectivity index (χ2n) is 8.25. The van der Waals surface area contributed by atoms with E-state index in [1.807, 2.05) is 48.5 Å². The highest BCUT2D eigenvalue weighted by atomic mass is 16.5. The van der Waals surface area contributed by atoms with Crippen LogP contribution in [-0.2, 0) is 11.2 Å². The molecule has 164 valence electrons. The first-order chi connectivity index (χ1) is 15.7. The number of aryl methyl sites for hydroxylation is 1. The standard InChI is InChI=1S/C26H28N4O2/c1-3-21-24(29-16-14-20(32-2)15-17-29)26(31)30-25(27-21)22(18-10-6-4-7-11-18)23(28-30)19-12-8-5-9-13-19/h4-13,20,27H,3,14-17H2,1-2H3. The van der Waals surface area contributed by atoms with Crippen molar-refractivity contribution in [2.24, 2.45) is 0 Å². The van der Waals surface area contributed by atoms with Crippen molar-refractivity contribution in [2.75, 3.05) is 25.1 Å². The summed E-state index contributed by atoms with van der Waals surface area (Å²) in [5, 5.41) is 4.84. The van der Waals surface area contributed by atoms with Crippen LogP contribution >= 0.6 is 0 Å². The van der Waals surface area contributed by atoms with Crippen LogP contribution in [0.3, 0.4) is 0 Å². The number of methoxy groups -OCH3 is 1. The van der Waals surface area contributed by atoms with Crippen molar-refractivity contribution in [3.05, 3.63) is 76.7 Å². The summed E-state index contributed by atoms with van der Waals surface area (Å²) in [6.07, 6.45) is 2.84. The molecular weight excluding hydrogens is 400 g/mol. The van der Waals surface area contributed by atoms with Gasteiger partial charge in [0, 0.05) is 31.5 Å². The van der Waals surface area contributed by atoms with Gasteiger partial charge in [-0.1, -0.05) is 67.6 Å². The average Bonchev–Trinajstić information content (AvgIpc) is 3.25. The molecule has 2 aromatic carbocycles. The van der Waals surface area contributed by atoms with Crippen LogP contribution in [0.5, 0.6) is 0 Å². The molecule has 0 saturated carbocycles. The molecule has 1 fully saturated rings. The number of H-pyrrole nitrogens is 1. The molecule has 1 aliphatic rings. The van der Waals surface area contributed by atoms with Crippen LogP contribution in [0.1, 0.15) is 25.5 Å². The van der Waals surface area contributed by atoms with E-state index in [-0.39, 0.29) is 11.7 Å². The van der Waals surface area contributed by atoms with E-state index in [0.29, 0.717) is 0 Å². The van der Waals surface area contributed by atoms with Crippen molar-refractivity contribution in [1.29, 1.82) is 0 Å². The van der Waals surface area contributed by atoms with Gasteiger partial charge in [0.05, 0.1) is 11.7 Å². The molecule has 0 unspecified atom stereocenters. The number of nitrogens with one attached hydrogen (secondary N) is 1. The summed E-state index contributed by atoms with van der Waals surface area (Å²) in [4.78, 5) is 19.6. The van der Waals surface area contributed by atoms with Crippen LogP contribution in [0.4, 0.5) is 5.69 Å². The van der Waals surface area contributed by atoms with Crippen molar-refractivity contribution in [1.82, 2.24) is 14.6 Å². The Hall–Kier alpha value is -3.38. The molecule has 1 N–H and O–H groups in total. The molecule has 0 spiro atoms. The number of rotatable bonds is 5. The summed E-state index contributed by atoms with van der Waals surface area (Å²) in [7, 11) is 1.76. The minimum absolute atomic E-state index is 0.0640. The number of nitrogens with zero attached hydrogens (tertiary/aromatic N) is 3. The Morgan fingerprint density at radius 1 is 1.00 bits per heavy atom. The van der Waals surface area contributed by atoms with Crippen LogP contribution < -0.4 is 10.5 Å². The zero-order valence-electron chi connectivity index (χ0n) is 18.5. The second-order valence-corrected chi connectivity index (χ2v) is 8.25. The van der Waals surface area contributed by atoms with E-state index >= 15 is 0 Å². The third-order valence-corrected chi connectivity index (χ3v) is 6.39. The fourth-order valence-electron chi connectivity index (χ4n) is 4.69. The van der Waals surface area contributed by atoms with E-state index in [4.69, 9.17) is 9.84 Å². The molecule has 3 heterocycles. The van der Waals surface area contributed by atoms with Crippen molar-refractivity contribution >= 4 is 11.3 Å². The molecule has 5 rings (SSSR count). The number of piperidine rings is 1. The largest absolute Gasteiger partial charge is 0.381 e. The predicted octanol–water partition coefficient (Wildman–Crippen LogP) is 4.53. The van der Waals surface area contributed by atoms with E-state index in [1.165, 1.54) is 0 Å². The number of hydrogen-bond acceptors (Lipinski definition) is 4. The highest BCUT2D eigenvalue weighted by Crippen LogP contribution is 2.35. The number of benzene rings is 2. The van der Waals surface area contributed by atoms with Gasteiger partial charge in [0.25, 0.3) is 5.56 Å². The topological polar surface area (TPSA) is 62.6 Å². The first-order valence-electron chi connectivity index (χ1n) is 11.3. The van der Waals surface area contributed by atoms with Crippen molar-refractivity contribution in [3.8, 4) is 22.4 Å². The molecule has 0 bridgehead atoms. The lowest BCUT2D eigenvalue weighted by molar-refractivity contribution is 0.0818. The van der Waals surface area contributed by atoms with Crippen molar-refractivity contribution < 1.29 is 4.74 Å². The van der Waals surface area contributed by atoms with Gasteiger partial charge >= 0.3 is 0 Å². The summed E-state index contributed by atoms with van der Waals surface area (Å²) in [6.45, 7) is 3.70. The number of anilines is 1. The molecule has 32 heavy (non-hydrogen) atoms. The van der Waals surface area contributed by atoms with Gasteiger partial charge in [-0.3, -0.25) is 4.79 Å². The number of ether oxygens (including phenoxy) is 1. The second kappa shape index (κ2) is 8.63. The summed E-state index contributed by atoms with van der Waals surface area (Å²) in [5.74, 6) is 0. The Bertz CT molecular complexity index is 1270. The first-order valence-corrected chi connectivity index (χ1v) is 11.3. The summed E-state index contributed by atoms with van der Waals surface area (Å²) in [5.41, 5.74) is 6.15. The smallest absolute Gasteiger partial charge is 0.298 e. The van der Waals surface area contributed by atoms with Gasteiger partial charge in [-0.05, 0) is 24.8 Å². The van der Waals surface area contributed by atoms with Crippen LogP contribution in [0.15, 0.2) is 65.5 Å². The number of aromatic amines is 1. The molecule has 0 amide bonds. The van der Waals surface area contributed by atoms with E-state index in [2.05, 4.69) is 28.9 Å². The molecule has 4 aromatic rings. The Balaban J connectivity index is 1.74. The lowest BCUT2D eigenvalue weighted by atomic mass is 10.0. The van der Waals surface area contributed by atoms with Crippen LogP contribution in [-0.4, -0.2) is 40.9 Å². The molecule has 0 atom stereocenters. The predicted molar refractivity (Wildman–Crippen MR) is 128 cm³/mol. The highest BCUT2D eigenvalue weighted by Gasteiger charge is 2.26. The molecule has 0 radical (unpaired) electrons. The van der Waals surface area contributed by atoms with E-state index in [1.54, 1.807) is 11.6 Å². The molecule has 6 heteroatoms. The Morgan fingerprint density at radius 2 is 1.62 bits per heavy atom. The van der Waals surface area contributed by atoms with E-state index < -0.39 is 0 Å². The third kappa shape index (κ3) is 3.50. The molecule has 1 saturated heterocycles. The van der Waals surface area contributed by atoms with Gasteiger partial charge < -0.3 is 14.6 Å². The molecular formula is C26H28N4O2. The van der Waals surface area contributed by atoms with Crippen LogP contribution in [0.25, 0.3) is 28.0 Å². The number of fused-ring (bicyclic) bond motifs is 1. The number of aromatic nitrogens is 3. The zero-order valence-corrected chi connectivity index (χ0v) is 18.5. The monoisotopic (exact) mass is 428 g/mol. The maximum atomic E-state index is 13.8. The summed E-state index contributed by atoms with van der Waals surface area (Å²) < 4.78 is 7.08. The van der Waals surface area contributed by atoms with Crippen molar-refractivity contribution in [2.45, 2.75) is 32.3 Å². The fraction of sp³-hybridized carbons (Fsp3) is 0.308. The highest BCUT2D eigenvalue weighted by molar-refractivity contribution is 5.90. The minimum Gasteiger partial charge on any atom is -0.381 e. The van der Waals surface area contributed by atoms with Gasteiger partial charge in [0.1, 0.15) is 17.0 Å².